The molecule has 2 rings (SSSR count). The predicted molar refractivity (Wildman–Crippen MR) is 67.9 cm³/mol. The van der Waals surface area contributed by atoms with Crippen LogP contribution < -0.4 is 5.32 Å². The van der Waals surface area contributed by atoms with E-state index in [1.807, 2.05) is 19.1 Å². The van der Waals surface area contributed by atoms with Gasteiger partial charge in [-0.2, -0.15) is 0 Å². The van der Waals surface area contributed by atoms with Gasteiger partial charge in [-0.15, -0.1) is 0 Å². The third-order valence-corrected chi connectivity index (χ3v) is 3.59. The van der Waals surface area contributed by atoms with Crippen LogP contribution in [0, 0.1) is 12.8 Å². The summed E-state index contributed by atoms with van der Waals surface area (Å²) in [7, 11) is 0. The summed E-state index contributed by atoms with van der Waals surface area (Å²) in [4.78, 5) is 15.2. The number of carbonyl (C=O) groups excluding carboxylic acids is 1. The first-order valence-electron chi connectivity index (χ1n) is 6.04. The normalized spacial score (nSPS) is 18.0. The van der Waals surface area contributed by atoms with Gasteiger partial charge in [-0.25, -0.2) is 0 Å². The Hall–Kier alpha value is -1.09. The molecule has 1 aliphatic carbocycles. The van der Waals surface area contributed by atoms with E-state index in [-0.39, 0.29) is 6.04 Å². The van der Waals surface area contributed by atoms with Gasteiger partial charge < -0.3 is 5.32 Å². The Bertz CT molecular complexity index is 382. The van der Waals surface area contributed by atoms with Crippen molar-refractivity contribution in [3.05, 3.63) is 28.5 Å². The van der Waals surface area contributed by atoms with Gasteiger partial charge in [-0.05, 0) is 37.8 Å². The number of nitrogens with zero attached hydrogens (tertiary/aromatic N) is 1. The number of aryl methyl sites for hydroxylation is 1. The number of amides is 1. The molecule has 1 amide bonds. The van der Waals surface area contributed by atoms with Crippen molar-refractivity contribution in [3.8, 4) is 0 Å². The predicted octanol–water partition coefficient (Wildman–Crippen LogP) is 3.02. The van der Waals surface area contributed by atoms with Crippen molar-refractivity contribution in [1.29, 1.82) is 0 Å². The molecular weight excluding hydrogens is 236 g/mol. The summed E-state index contributed by atoms with van der Waals surface area (Å²) < 4.78 is 0. The number of aromatic nitrogens is 1. The highest BCUT2D eigenvalue weighted by atomic mass is 35.5. The standard InChI is InChI=1S/C13H17ClN2O/c1-9-6-11(14)7-12(16-9)13(15-8-17)10-4-2-3-5-10/h6-8,10,13H,2-5H2,1H3,(H,15,17)/t13-/m0/s1. The quantitative estimate of drug-likeness (QED) is 0.837. The molecule has 92 valence electrons. The zero-order valence-corrected chi connectivity index (χ0v) is 10.7. The maximum atomic E-state index is 10.7. The highest BCUT2D eigenvalue weighted by Gasteiger charge is 2.27. The van der Waals surface area contributed by atoms with E-state index in [1.165, 1.54) is 12.8 Å². The molecular formula is C13H17ClN2O. The van der Waals surface area contributed by atoms with Gasteiger partial charge in [0.1, 0.15) is 0 Å². The second-order valence-corrected chi connectivity index (χ2v) is 5.09. The summed E-state index contributed by atoms with van der Waals surface area (Å²) in [5.74, 6) is 0.491. The van der Waals surface area contributed by atoms with Crippen molar-refractivity contribution in [2.24, 2.45) is 5.92 Å². The van der Waals surface area contributed by atoms with Crippen LogP contribution in [0.15, 0.2) is 12.1 Å². The summed E-state index contributed by atoms with van der Waals surface area (Å²) >= 11 is 6.04. The Labute approximate surface area is 107 Å². The molecule has 1 heterocycles. The first kappa shape index (κ1) is 12.4. The van der Waals surface area contributed by atoms with Crippen molar-refractivity contribution in [1.82, 2.24) is 10.3 Å². The minimum absolute atomic E-state index is 0.00685. The highest BCUT2D eigenvalue weighted by Crippen LogP contribution is 2.35. The van der Waals surface area contributed by atoms with Crippen molar-refractivity contribution in [2.75, 3.05) is 0 Å². The second kappa shape index (κ2) is 5.50. The van der Waals surface area contributed by atoms with E-state index in [0.717, 1.165) is 30.6 Å². The largest absolute Gasteiger partial charge is 0.350 e. The molecule has 0 bridgehead atoms. The lowest BCUT2D eigenvalue weighted by molar-refractivity contribution is -0.110. The van der Waals surface area contributed by atoms with Crippen molar-refractivity contribution in [3.63, 3.8) is 0 Å². The molecule has 3 nitrogen and oxygen atoms in total. The Morgan fingerprint density at radius 2 is 2.18 bits per heavy atom. The molecule has 1 N–H and O–H groups in total. The van der Waals surface area contributed by atoms with Gasteiger partial charge in [0.15, 0.2) is 0 Å². The summed E-state index contributed by atoms with van der Waals surface area (Å²) in [6, 6.07) is 3.69. The number of pyridine rings is 1. The van der Waals surface area contributed by atoms with Gasteiger partial charge >= 0.3 is 0 Å². The lowest BCUT2D eigenvalue weighted by Crippen LogP contribution is -2.27. The molecule has 0 radical (unpaired) electrons. The van der Waals surface area contributed by atoms with Crippen LogP contribution >= 0.6 is 11.6 Å². The van der Waals surface area contributed by atoms with Crippen LogP contribution in [-0.4, -0.2) is 11.4 Å². The monoisotopic (exact) mass is 252 g/mol. The second-order valence-electron chi connectivity index (χ2n) is 4.66. The van der Waals surface area contributed by atoms with Crippen LogP contribution in [-0.2, 0) is 4.79 Å². The molecule has 1 saturated carbocycles. The van der Waals surface area contributed by atoms with Crippen LogP contribution in [0.4, 0.5) is 0 Å². The van der Waals surface area contributed by atoms with E-state index in [2.05, 4.69) is 10.3 Å². The minimum atomic E-state index is 0.00685. The third kappa shape index (κ3) is 2.97. The fourth-order valence-electron chi connectivity index (χ4n) is 2.64. The molecule has 17 heavy (non-hydrogen) atoms. The van der Waals surface area contributed by atoms with Gasteiger partial charge in [0.05, 0.1) is 11.7 Å². The molecule has 0 saturated heterocycles. The molecule has 0 aliphatic heterocycles. The summed E-state index contributed by atoms with van der Waals surface area (Å²) in [5, 5.41) is 3.58. The highest BCUT2D eigenvalue weighted by molar-refractivity contribution is 6.30. The van der Waals surface area contributed by atoms with Crippen LogP contribution in [0.3, 0.4) is 0 Å². The smallest absolute Gasteiger partial charge is 0.207 e. The molecule has 1 aromatic rings. The number of halogens is 1. The number of hydrogen-bond donors (Lipinski definition) is 1. The number of carbonyl (C=O) groups is 1. The lowest BCUT2D eigenvalue weighted by Gasteiger charge is -2.22. The fourth-order valence-corrected chi connectivity index (χ4v) is 2.91. The summed E-state index contributed by atoms with van der Waals surface area (Å²) in [6.07, 6.45) is 5.54. The maximum Gasteiger partial charge on any atom is 0.207 e. The SMILES string of the molecule is Cc1cc(Cl)cc([C@@H](NC=O)C2CCCC2)n1. The van der Waals surface area contributed by atoms with Gasteiger partial charge in [0, 0.05) is 10.7 Å². The van der Waals surface area contributed by atoms with Crippen molar-refractivity contribution in [2.45, 2.75) is 38.6 Å². The molecule has 1 aromatic heterocycles. The van der Waals surface area contributed by atoms with E-state index in [9.17, 15) is 4.79 Å². The average molecular weight is 253 g/mol. The summed E-state index contributed by atoms with van der Waals surface area (Å²) in [6.45, 7) is 1.92. The first-order chi connectivity index (χ1) is 8.20. The minimum Gasteiger partial charge on any atom is -0.350 e. The zero-order chi connectivity index (χ0) is 12.3. The van der Waals surface area contributed by atoms with Gasteiger partial charge in [-0.3, -0.25) is 9.78 Å². The maximum absolute atomic E-state index is 10.7. The molecule has 0 aromatic carbocycles. The van der Waals surface area contributed by atoms with Gasteiger partial charge in [0.2, 0.25) is 6.41 Å². The van der Waals surface area contributed by atoms with E-state index >= 15 is 0 Å². The lowest BCUT2D eigenvalue weighted by atomic mass is 9.95. The Morgan fingerprint density at radius 3 is 2.76 bits per heavy atom. The fraction of sp³-hybridized carbons (Fsp3) is 0.538. The molecule has 0 unspecified atom stereocenters. The number of nitrogens with one attached hydrogen (secondary N) is 1. The molecule has 1 fully saturated rings. The zero-order valence-electron chi connectivity index (χ0n) is 9.95. The first-order valence-corrected chi connectivity index (χ1v) is 6.42. The van der Waals surface area contributed by atoms with Crippen LogP contribution in [0.5, 0.6) is 0 Å². The molecule has 1 aliphatic rings. The third-order valence-electron chi connectivity index (χ3n) is 3.38. The van der Waals surface area contributed by atoms with E-state index in [1.54, 1.807) is 0 Å². The molecule has 4 heteroatoms. The average Bonchev–Trinajstić information content (AvgIpc) is 2.77. The number of rotatable bonds is 4. The van der Waals surface area contributed by atoms with Crippen molar-refractivity contribution < 1.29 is 4.79 Å². The van der Waals surface area contributed by atoms with E-state index in [0.29, 0.717) is 10.9 Å². The topological polar surface area (TPSA) is 42.0 Å². The molecule has 1 atom stereocenters. The Balaban J connectivity index is 2.27. The molecule has 0 spiro atoms. The Morgan fingerprint density at radius 1 is 1.47 bits per heavy atom. The summed E-state index contributed by atoms with van der Waals surface area (Å²) in [5.41, 5.74) is 1.78. The van der Waals surface area contributed by atoms with Gasteiger partial charge in [-0.1, -0.05) is 24.4 Å². The van der Waals surface area contributed by atoms with E-state index < -0.39 is 0 Å². The van der Waals surface area contributed by atoms with E-state index in [4.69, 9.17) is 11.6 Å². The number of hydrogen-bond acceptors (Lipinski definition) is 2. The van der Waals surface area contributed by atoms with Crippen LogP contribution in [0.1, 0.15) is 43.1 Å². The van der Waals surface area contributed by atoms with Crippen molar-refractivity contribution >= 4 is 18.0 Å². The Kier molecular flexibility index (Phi) is 4.00. The van der Waals surface area contributed by atoms with Crippen LogP contribution in [0.25, 0.3) is 0 Å². The van der Waals surface area contributed by atoms with Crippen LogP contribution in [0.2, 0.25) is 5.02 Å². The van der Waals surface area contributed by atoms with Gasteiger partial charge in [0.25, 0.3) is 0 Å².